The normalized spacial score (nSPS) is 18.3. The number of carbonyl (C=O) groups is 1. The van der Waals surface area contributed by atoms with Crippen molar-refractivity contribution in [3.05, 3.63) is 70.8 Å². The van der Waals surface area contributed by atoms with Gasteiger partial charge in [0.1, 0.15) is 16.9 Å². The van der Waals surface area contributed by atoms with Crippen LogP contribution in [0.5, 0.6) is 0 Å². The lowest BCUT2D eigenvalue weighted by molar-refractivity contribution is -0.116. The molecule has 4 rings (SSSR count). The van der Waals surface area contributed by atoms with Crippen LogP contribution in [0.4, 0.5) is 10.1 Å². The predicted molar refractivity (Wildman–Crippen MR) is 107 cm³/mol. The summed E-state index contributed by atoms with van der Waals surface area (Å²) in [5.74, 6) is 0.233. The predicted octanol–water partition coefficient (Wildman–Crippen LogP) is 3.74. The third kappa shape index (κ3) is 3.60. The third-order valence-corrected chi connectivity index (χ3v) is 5.79. The number of nitrogens with zero attached hydrogens (tertiary/aromatic N) is 3. The Balaban J connectivity index is 1.67. The summed E-state index contributed by atoms with van der Waals surface area (Å²) in [6.45, 7) is 5.82. The summed E-state index contributed by atoms with van der Waals surface area (Å²) >= 11 is 1.34. The number of hydrogen-bond acceptors (Lipinski definition) is 5. The summed E-state index contributed by atoms with van der Waals surface area (Å²) in [6, 6.07) is 11.7. The quantitative estimate of drug-likeness (QED) is 0.704. The highest BCUT2D eigenvalue weighted by Crippen LogP contribution is 2.37. The van der Waals surface area contributed by atoms with Crippen LogP contribution in [0.3, 0.4) is 0 Å². The van der Waals surface area contributed by atoms with Gasteiger partial charge >= 0.3 is 0 Å². The first-order valence-corrected chi connectivity index (χ1v) is 9.78. The van der Waals surface area contributed by atoms with Crippen molar-refractivity contribution >= 4 is 23.4 Å². The molecule has 28 heavy (non-hydrogen) atoms. The minimum absolute atomic E-state index is 0.149. The molecule has 0 saturated carbocycles. The van der Waals surface area contributed by atoms with Gasteiger partial charge in [0.15, 0.2) is 0 Å². The molecule has 2 atom stereocenters. The van der Waals surface area contributed by atoms with Crippen molar-refractivity contribution in [3.63, 3.8) is 0 Å². The van der Waals surface area contributed by atoms with Gasteiger partial charge in [-0.25, -0.2) is 9.07 Å². The van der Waals surface area contributed by atoms with Gasteiger partial charge in [-0.3, -0.25) is 4.79 Å². The fraction of sp³-hybridized carbons (Fsp3) is 0.250. The van der Waals surface area contributed by atoms with Gasteiger partial charge in [0.2, 0.25) is 11.1 Å². The van der Waals surface area contributed by atoms with Gasteiger partial charge in [0.05, 0.1) is 6.04 Å². The van der Waals surface area contributed by atoms with Crippen molar-refractivity contribution in [1.82, 2.24) is 14.9 Å². The highest BCUT2D eigenvalue weighted by atomic mass is 32.2. The first-order chi connectivity index (χ1) is 13.4. The fourth-order valence-corrected chi connectivity index (χ4v) is 4.47. The average molecular weight is 397 g/mol. The van der Waals surface area contributed by atoms with E-state index in [0.717, 1.165) is 22.4 Å². The Labute approximate surface area is 166 Å². The number of aromatic nitrogens is 3. The summed E-state index contributed by atoms with van der Waals surface area (Å²) in [5.41, 5.74) is 7.03. The molecule has 3 aromatic rings. The van der Waals surface area contributed by atoms with E-state index in [1.807, 2.05) is 32.9 Å². The number of fused-ring (bicyclic) bond motifs is 1. The van der Waals surface area contributed by atoms with E-state index in [-0.39, 0.29) is 17.8 Å². The van der Waals surface area contributed by atoms with Crippen LogP contribution in [0.1, 0.15) is 28.6 Å². The highest BCUT2D eigenvalue weighted by Gasteiger charge is 2.37. The zero-order valence-electron chi connectivity index (χ0n) is 15.7. The second-order valence-corrected chi connectivity index (χ2v) is 8.04. The minimum atomic E-state index is -0.498. The number of nitrogens with one attached hydrogen (secondary N) is 2. The zero-order chi connectivity index (χ0) is 19.8. The van der Waals surface area contributed by atoms with E-state index in [9.17, 15) is 9.18 Å². The Bertz CT molecular complexity index is 1010. The summed E-state index contributed by atoms with van der Waals surface area (Å²) < 4.78 is 15.2. The number of amides is 1. The lowest BCUT2D eigenvalue weighted by Gasteiger charge is -2.32. The van der Waals surface area contributed by atoms with Crippen LogP contribution in [0.15, 0.2) is 47.6 Å². The third-order valence-electron chi connectivity index (χ3n) is 4.58. The van der Waals surface area contributed by atoms with Crippen LogP contribution < -0.4 is 10.7 Å². The average Bonchev–Trinajstić information content (AvgIpc) is 3.01. The Hall–Kier alpha value is -2.87. The van der Waals surface area contributed by atoms with E-state index in [2.05, 4.69) is 27.0 Å². The molecule has 0 bridgehead atoms. The molecule has 0 spiro atoms. The van der Waals surface area contributed by atoms with Crippen LogP contribution in [0.25, 0.3) is 0 Å². The second kappa shape index (κ2) is 7.27. The Morgan fingerprint density at radius 3 is 2.46 bits per heavy atom. The number of rotatable bonds is 3. The molecule has 0 fully saturated rings. The van der Waals surface area contributed by atoms with Crippen LogP contribution in [-0.2, 0) is 4.79 Å². The van der Waals surface area contributed by atoms with Crippen molar-refractivity contribution in [1.29, 1.82) is 0 Å². The van der Waals surface area contributed by atoms with Crippen molar-refractivity contribution in [2.45, 2.75) is 37.2 Å². The van der Waals surface area contributed by atoms with Gasteiger partial charge in [0.25, 0.3) is 0 Å². The fourth-order valence-electron chi connectivity index (χ4n) is 3.34. The summed E-state index contributed by atoms with van der Waals surface area (Å²) in [7, 11) is 0. The molecule has 1 aromatic heterocycles. The molecule has 0 radical (unpaired) electrons. The van der Waals surface area contributed by atoms with Gasteiger partial charge in [-0.1, -0.05) is 30.0 Å². The molecule has 2 N–H and O–H groups in total. The van der Waals surface area contributed by atoms with Crippen LogP contribution >= 0.6 is 11.8 Å². The van der Waals surface area contributed by atoms with Gasteiger partial charge in [-0.05, 0) is 61.7 Å². The smallest absolute Gasteiger partial charge is 0.240 e. The van der Waals surface area contributed by atoms with E-state index in [1.165, 1.54) is 23.9 Å². The van der Waals surface area contributed by atoms with E-state index in [4.69, 9.17) is 0 Å². The molecule has 1 amide bonds. The van der Waals surface area contributed by atoms with Gasteiger partial charge in [0, 0.05) is 5.69 Å². The van der Waals surface area contributed by atoms with Gasteiger partial charge in [-0.15, -0.1) is 10.2 Å². The van der Waals surface area contributed by atoms with E-state index >= 15 is 0 Å². The maximum atomic E-state index is 13.4. The topological polar surface area (TPSA) is 71.8 Å². The van der Waals surface area contributed by atoms with Crippen LogP contribution in [0, 0.1) is 26.6 Å². The van der Waals surface area contributed by atoms with Crippen LogP contribution in [-0.4, -0.2) is 26.0 Å². The van der Waals surface area contributed by atoms with Crippen molar-refractivity contribution in [2.24, 2.45) is 0 Å². The Kier molecular flexibility index (Phi) is 4.80. The maximum Gasteiger partial charge on any atom is 0.240 e. The molecule has 2 heterocycles. The molecule has 0 unspecified atom stereocenters. The first-order valence-electron chi connectivity index (χ1n) is 8.90. The van der Waals surface area contributed by atoms with E-state index in [1.54, 1.807) is 16.8 Å². The maximum absolute atomic E-state index is 13.4. The molecular weight excluding hydrogens is 377 g/mol. The van der Waals surface area contributed by atoms with Gasteiger partial charge in [-0.2, -0.15) is 0 Å². The minimum Gasteiger partial charge on any atom is -0.325 e. The molecule has 144 valence electrons. The Morgan fingerprint density at radius 1 is 1.11 bits per heavy atom. The lowest BCUT2D eigenvalue weighted by Crippen LogP contribution is -2.41. The number of anilines is 1. The molecule has 1 aliphatic heterocycles. The summed E-state index contributed by atoms with van der Waals surface area (Å²) in [4.78, 5) is 13.2. The largest absolute Gasteiger partial charge is 0.325 e. The number of aryl methyl sites for hydroxylation is 3. The number of thioether (sulfide) groups is 1. The molecule has 1 aliphatic rings. The molecular formula is C20H20FN5OS. The van der Waals surface area contributed by atoms with Crippen molar-refractivity contribution in [2.75, 3.05) is 10.7 Å². The Morgan fingerprint density at radius 2 is 1.79 bits per heavy atom. The van der Waals surface area contributed by atoms with Crippen molar-refractivity contribution < 1.29 is 9.18 Å². The molecule has 0 saturated heterocycles. The number of halogens is 1. The van der Waals surface area contributed by atoms with E-state index in [0.29, 0.717) is 11.0 Å². The number of hydrogen-bond donors (Lipinski definition) is 2. The number of benzene rings is 2. The lowest BCUT2D eigenvalue weighted by atomic mass is 10.0. The SMILES string of the molecule is Cc1cc(C)cc(NC(=O)[C@H]2Sc3nnc(C)n3N[C@@H]2c2ccc(F)cc2)c1. The first kappa shape index (κ1) is 18.5. The number of carbonyl (C=O) groups excluding carboxylic acids is 1. The van der Waals surface area contributed by atoms with Gasteiger partial charge < -0.3 is 10.7 Å². The zero-order valence-corrected chi connectivity index (χ0v) is 16.5. The van der Waals surface area contributed by atoms with E-state index < -0.39 is 5.25 Å². The summed E-state index contributed by atoms with van der Waals surface area (Å²) in [5, 5.41) is 11.4. The highest BCUT2D eigenvalue weighted by molar-refractivity contribution is 8.00. The monoisotopic (exact) mass is 397 g/mol. The standard InChI is InChI=1S/C20H20FN5OS/c1-11-8-12(2)10-16(9-11)22-19(27)18-17(14-4-6-15(21)7-5-14)25-26-13(3)23-24-20(26)28-18/h4-10,17-18,25H,1-3H3,(H,22,27)/t17-,18+/m1/s1. The second-order valence-electron chi connectivity index (χ2n) is 6.93. The molecule has 0 aliphatic carbocycles. The van der Waals surface area contributed by atoms with Crippen molar-refractivity contribution in [3.8, 4) is 0 Å². The molecule has 2 aromatic carbocycles. The molecule has 8 heteroatoms. The summed E-state index contributed by atoms with van der Waals surface area (Å²) in [6.07, 6.45) is 0. The molecule has 6 nitrogen and oxygen atoms in total. The van der Waals surface area contributed by atoms with Crippen LogP contribution in [0.2, 0.25) is 0 Å².